The molecule has 43 heavy (non-hydrogen) atoms. The zero-order valence-electron chi connectivity index (χ0n) is 26.1. The SMILES string of the molecule is CC[C@H]1c2cc3[n-]c4c(c5nc(cc6[n-]c(cc(n2)[C@@H]1C)c([C@@H](C)O)c6C)[C@@H](C)[C@@H]5CCC(=O)OC)CC(=O)c4c3C.[Zn+2]. The van der Waals surface area contributed by atoms with Gasteiger partial charge in [-0.2, -0.15) is 0 Å². The monoisotopic (exact) mass is 630 g/mol. The molecule has 9 heteroatoms. The number of Topliss-reactive ketones (excluding diaryl/α,β-unsaturated/α-hetero) is 1. The molecular formula is C34H38N4O4Zn. The second-order valence-corrected chi connectivity index (χ2v) is 12.2. The van der Waals surface area contributed by atoms with Crippen molar-refractivity contribution in [1.82, 2.24) is 19.9 Å². The molecule has 220 valence electrons. The average molecular weight is 632 g/mol. The van der Waals surface area contributed by atoms with Gasteiger partial charge in [-0.05, 0) is 44.7 Å². The number of fused-ring (bicyclic) bond motifs is 8. The minimum atomic E-state index is -0.701. The summed E-state index contributed by atoms with van der Waals surface area (Å²) in [5.41, 5.74) is 10.6. The number of carbonyl (C=O) groups is 2. The van der Waals surface area contributed by atoms with Crippen molar-refractivity contribution in [2.45, 2.75) is 97.0 Å². The van der Waals surface area contributed by atoms with Gasteiger partial charge in [0.25, 0.3) is 0 Å². The summed E-state index contributed by atoms with van der Waals surface area (Å²) in [7, 11) is 1.40. The van der Waals surface area contributed by atoms with Crippen molar-refractivity contribution in [3.05, 3.63) is 68.8 Å². The molecule has 3 aromatic heterocycles. The summed E-state index contributed by atoms with van der Waals surface area (Å²) in [5, 5.41) is 10.8. The van der Waals surface area contributed by atoms with Crippen LogP contribution in [-0.2, 0) is 35.4 Å². The number of rotatable bonds is 5. The fourth-order valence-corrected chi connectivity index (χ4v) is 7.26. The third-order valence-electron chi connectivity index (χ3n) is 9.72. The summed E-state index contributed by atoms with van der Waals surface area (Å²) in [4.78, 5) is 45.9. The van der Waals surface area contributed by atoms with Crippen molar-refractivity contribution >= 4 is 33.8 Å². The number of ether oxygens (including phenoxy) is 1. The first-order valence-corrected chi connectivity index (χ1v) is 15.0. The standard InChI is InChI=1S/C34H39N4O4.Zn/c1-8-20-15(2)23-14-28-31(19(6)39)17(4)25(36-28)12-24-16(3)21(9-10-30(41)42-7)33(37-24)22-11-29(40)32-18(5)26(38-34(22)32)13-27(20)35-23;/h12-16,19-21,39H,8-11H2,1-7H3,(H-,35,36,37,38,40);/q-1;+2/p-1/t15-,16+,19-,20-,21+;/m1./s1. The van der Waals surface area contributed by atoms with E-state index in [-0.39, 0.29) is 67.7 Å². The number of methoxy groups -OCH3 is 1. The normalized spacial score (nSPS) is 21.5. The van der Waals surface area contributed by atoms with E-state index in [1.807, 2.05) is 32.0 Å². The molecule has 8 nitrogen and oxygen atoms in total. The Morgan fingerprint density at radius 2 is 1.63 bits per heavy atom. The fourth-order valence-electron chi connectivity index (χ4n) is 7.26. The maximum Gasteiger partial charge on any atom is 2.00 e. The molecule has 0 saturated carbocycles. The van der Waals surface area contributed by atoms with Crippen molar-refractivity contribution in [3.63, 3.8) is 0 Å². The summed E-state index contributed by atoms with van der Waals surface area (Å²) in [6.45, 7) is 12.2. The number of hydrogen-bond acceptors (Lipinski definition) is 6. The van der Waals surface area contributed by atoms with Crippen LogP contribution in [-0.4, -0.2) is 33.9 Å². The molecule has 5 atom stereocenters. The number of aliphatic hydroxyl groups is 1. The molecule has 0 fully saturated rings. The number of aromatic nitrogens is 4. The summed E-state index contributed by atoms with van der Waals surface area (Å²) in [5.74, 6) is 0.0543. The van der Waals surface area contributed by atoms with Gasteiger partial charge < -0.3 is 19.8 Å². The smallest absolute Gasteiger partial charge is 0.657 e. The fraction of sp³-hybridized carbons (Fsp3) is 0.471. The number of aliphatic hydroxyl groups excluding tert-OH is 1. The molecule has 5 heterocycles. The van der Waals surface area contributed by atoms with Gasteiger partial charge in [-0.15, -0.1) is 22.1 Å². The van der Waals surface area contributed by atoms with E-state index in [0.717, 1.165) is 68.0 Å². The minimum Gasteiger partial charge on any atom is -0.657 e. The van der Waals surface area contributed by atoms with Crippen LogP contribution >= 0.6 is 0 Å². The van der Waals surface area contributed by atoms with E-state index >= 15 is 0 Å². The van der Waals surface area contributed by atoms with E-state index in [4.69, 9.17) is 24.7 Å². The molecule has 6 rings (SSSR count). The first-order valence-electron chi connectivity index (χ1n) is 15.0. The average Bonchev–Trinajstić information content (AvgIpc) is 3.70. The van der Waals surface area contributed by atoms with Crippen molar-refractivity contribution in [3.8, 4) is 0 Å². The summed E-state index contributed by atoms with van der Waals surface area (Å²) < 4.78 is 4.95. The molecule has 0 amide bonds. The Morgan fingerprint density at radius 1 is 1.00 bits per heavy atom. The summed E-state index contributed by atoms with van der Waals surface area (Å²) in [6.07, 6.45) is 1.26. The molecule has 8 bridgehead atoms. The van der Waals surface area contributed by atoms with E-state index in [0.29, 0.717) is 17.5 Å². The Bertz CT molecular complexity index is 1790. The van der Waals surface area contributed by atoms with Crippen LogP contribution in [0.2, 0.25) is 0 Å². The molecule has 1 aliphatic carbocycles. The zero-order chi connectivity index (χ0) is 30.0. The van der Waals surface area contributed by atoms with Gasteiger partial charge in [-0.3, -0.25) is 19.6 Å². The Balaban J connectivity index is 0.00000368. The molecule has 3 aromatic rings. The van der Waals surface area contributed by atoms with Gasteiger partial charge in [0.1, 0.15) is 0 Å². The first kappa shape index (κ1) is 31.3. The molecule has 0 aromatic carbocycles. The van der Waals surface area contributed by atoms with Crippen molar-refractivity contribution in [2.75, 3.05) is 7.11 Å². The van der Waals surface area contributed by atoms with E-state index in [1.165, 1.54) is 7.11 Å². The predicted molar refractivity (Wildman–Crippen MR) is 161 cm³/mol. The summed E-state index contributed by atoms with van der Waals surface area (Å²) in [6, 6.07) is 6.06. The van der Waals surface area contributed by atoms with Crippen molar-refractivity contribution < 1.29 is 38.9 Å². The van der Waals surface area contributed by atoms with Crippen LogP contribution in [0, 0.1) is 13.8 Å². The molecule has 0 unspecified atom stereocenters. The summed E-state index contributed by atoms with van der Waals surface area (Å²) >= 11 is 0. The Hall–Kier alpha value is -3.16. The maximum atomic E-state index is 13.4. The van der Waals surface area contributed by atoms with Crippen LogP contribution in [0.4, 0.5) is 0 Å². The van der Waals surface area contributed by atoms with Gasteiger partial charge in [0.2, 0.25) is 0 Å². The minimum absolute atomic E-state index is 0. The topological polar surface area (TPSA) is 118 Å². The number of esters is 1. The Morgan fingerprint density at radius 3 is 2.30 bits per heavy atom. The van der Waals surface area contributed by atoms with E-state index in [2.05, 4.69) is 20.8 Å². The number of nitrogens with zero attached hydrogens (tertiary/aromatic N) is 4. The third kappa shape index (κ3) is 5.08. The van der Waals surface area contributed by atoms with Gasteiger partial charge >= 0.3 is 25.4 Å². The quantitative estimate of drug-likeness (QED) is 0.265. The molecule has 0 radical (unpaired) electrons. The van der Waals surface area contributed by atoms with Crippen LogP contribution in [0.3, 0.4) is 0 Å². The van der Waals surface area contributed by atoms with Crippen LogP contribution in [0.15, 0.2) is 18.2 Å². The second-order valence-electron chi connectivity index (χ2n) is 12.2. The van der Waals surface area contributed by atoms with Crippen LogP contribution in [0.25, 0.3) is 22.1 Å². The molecular weight excluding hydrogens is 594 g/mol. The van der Waals surface area contributed by atoms with Gasteiger partial charge in [0.15, 0.2) is 5.78 Å². The zero-order valence-corrected chi connectivity index (χ0v) is 29.1. The van der Waals surface area contributed by atoms with Crippen LogP contribution < -0.4 is 9.97 Å². The largest absolute Gasteiger partial charge is 2.00 e. The Kier molecular flexibility index (Phi) is 8.54. The first-order chi connectivity index (χ1) is 20.0. The predicted octanol–water partition coefficient (Wildman–Crippen LogP) is 6.12. The number of ketones is 1. The molecule has 1 N–H and O–H groups in total. The Labute approximate surface area is 264 Å². The van der Waals surface area contributed by atoms with Gasteiger partial charge in [-0.1, -0.05) is 50.1 Å². The van der Waals surface area contributed by atoms with Crippen molar-refractivity contribution in [1.29, 1.82) is 0 Å². The van der Waals surface area contributed by atoms with E-state index in [9.17, 15) is 14.7 Å². The van der Waals surface area contributed by atoms with E-state index < -0.39 is 6.10 Å². The third-order valence-corrected chi connectivity index (χ3v) is 9.72. The van der Waals surface area contributed by atoms with Gasteiger partial charge in [0.05, 0.1) is 13.2 Å². The number of hydrogen-bond donors (Lipinski definition) is 1. The van der Waals surface area contributed by atoms with Crippen molar-refractivity contribution in [2.24, 2.45) is 0 Å². The van der Waals surface area contributed by atoms with Crippen LogP contribution in [0.1, 0.15) is 132 Å². The van der Waals surface area contributed by atoms with E-state index in [1.54, 1.807) is 6.92 Å². The molecule has 3 aliphatic rings. The van der Waals surface area contributed by atoms with Gasteiger partial charge in [-0.25, -0.2) is 0 Å². The number of aryl methyl sites for hydroxylation is 2. The second kappa shape index (κ2) is 11.7. The molecule has 0 spiro atoms. The maximum absolute atomic E-state index is 13.4. The van der Waals surface area contributed by atoms with Gasteiger partial charge in [0, 0.05) is 64.9 Å². The molecule has 0 saturated heterocycles. The number of carbonyl (C=O) groups excluding carboxylic acids is 2. The molecule has 2 aliphatic heterocycles. The van der Waals surface area contributed by atoms with Crippen LogP contribution in [0.5, 0.6) is 0 Å².